The molecular weight excluding hydrogens is 274 g/mol. The quantitative estimate of drug-likeness (QED) is 0.848. The number of hydrogen-bond acceptors (Lipinski definition) is 1. The normalized spacial score (nSPS) is 13.0. The van der Waals surface area contributed by atoms with Gasteiger partial charge in [0.15, 0.2) is 5.54 Å². The van der Waals surface area contributed by atoms with Gasteiger partial charge in [0.2, 0.25) is 0 Å². The van der Waals surface area contributed by atoms with E-state index in [2.05, 4.69) is 11.2 Å². The summed E-state index contributed by atoms with van der Waals surface area (Å²) in [6.07, 6.45) is 4.46. The van der Waals surface area contributed by atoms with Crippen LogP contribution in [0.3, 0.4) is 0 Å². The molecule has 0 aromatic heterocycles. The molecule has 0 bridgehead atoms. The number of amides is 1. The summed E-state index contributed by atoms with van der Waals surface area (Å²) < 4.78 is 0. The van der Waals surface area contributed by atoms with Crippen LogP contribution in [-0.2, 0) is 5.54 Å². The van der Waals surface area contributed by atoms with Crippen LogP contribution in [0.5, 0.6) is 0 Å². The van der Waals surface area contributed by atoms with E-state index in [1.807, 2.05) is 6.07 Å². The van der Waals surface area contributed by atoms with Crippen LogP contribution in [0.1, 0.15) is 11.1 Å². The van der Waals surface area contributed by atoms with Crippen molar-refractivity contribution in [2.75, 3.05) is 0 Å². The Morgan fingerprint density at radius 1 is 1.10 bits per heavy atom. The Morgan fingerprint density at radius 3 is 2.15 bits per heavy atom. The zero-order valence-corrected chi connectivity index (χ0v) is 11.3. The number of hydrogen-bond donors (Lipinski definition) is 2. The minimum atomic E-state index is -1.24. The highest BCUT2D eigenvalue weighted by atomic mass is 35.5. The van der Waals surface area contributed by atoms with E-state index in [-0.39, 0.29) is 0 Å². The highest BCUT2D eigenvalue weighted by Gasteiger charge is 2.34. The second-order valence-corrected chi connectivity index (χ2v) is 4.63. The standard InChI is InChI=1S/C16H12ClNO2/c1-2-16(18-15(19)20,12-6-4-3-5-7-12)13-8-10-14(17)11-9-13/h1,3-11,18H,(H,19,20). The highest BCUT2D eigenvalue weighted by Crippen LogP contribution is 2.30. The van der Waals surface area contributed by atoms with E-state index in [9.17, 15) is 4.79 Å². The third-order valence-electron chi connectivity index (χ3n) is 2.99. The number of halogens is 1. The fraction of sp³-hybridized carbons (Fsp3) is 0.0625. The van der Waals surface area contributed by atoms with E-state index in [0.29, 0.717) is 16.1 Å². The lowest BCUT2D eigenvalue weighted by atomic mass is 9.83. The van der Waals surface area contributed by atoms with Gasteiger partial charge in [-0.05, 0) is 23.3 Å². The lowest BCUT2D eigenvalue weighted by molar-refractivity contribution is 0.188. The molecule has 20 heavy (non-hydrogen) atoms. The molecule has 0 spiro atoms. The number of benzene rings is 2. The molecule has 0 fully saturated rings. The van der Waals surface area contributed by atoms with Crippen molar-refractivity contribution in [3.63, 3.8) is 0 Å². The van der Waals surface area contributed by atoms with Gasteiger partial charge in [-0.15, -0.1) is 6.42 Å². The van der Waals surface area contributed by atoms with Gasteiger partial charge in [-0.1, -0.05) is 60.0 Å². The predicted molar refractivity (Wildman–Crippen MR) is 78.7 cm³/mol. The highest BCUT2D eigenvalue weighted by molar-refractivity contribution is 6.30. The van der Waals surface area contributed by atoms with E-state index in [0.717, 1.165) is 0 Å². The average Bonchev–Trinajstić information content (AvgIpc) is 2.46. The number of terminal acetylenes is 1. The van der Waals surface area contributed by atoms with Gasteiger partial charge in [-0.2, -0.15) is 0 Å². The fourth-order valence-corrected chi connectivity index (χ4v) is 2.19. The molecule has 0 radical (unpaired) electrons. The summed E-state index contributed by atoms with van der Waals surface area (Å²) in [5.41, 5.74) is 0.0720. The zero-order chi connectivity index (χ0) is 14.6. The van der Waals surface area contributed by atoms with E-state index < -0.39 is 11.6 Å². The van der Waals surface area contributed by atoms with Crippen LogP contribution < -0.4 is 5.32 Å². The second kappa shape index (κ2) is 5.68. The van der Waals surface area contributed by atoms with Crippen molar-refractivity contribution in [1.82, 2.24) is 5.32 Å². The molecule has 2 aromatic rings. The van der Waals surface area contributed by atoms with E-state index in [1.165, 1.54) is 0 Å². The summed E-state index contributed by atoms with van der Waals surface area (Å²) in [6.45, 7) is 0. The largest absolute Gasteiger partial charge is 0.465 e. The van der Waals surface area contributed by atoms with Gasteiger partial charge in [0.25, 0.3) is 0 Å². The van der Waals surface area contributed by atoms with Crippen molar-refractivity contribution in [1.29, 1.82) is 0 Å². The maximum atomic E-state index is 11.2. The molecule has 3 nitrogen and oxygen atoms in total. The smallest absolute Gasteiger partial charge is 0.406 e. The summed E-state index contributed by atoms with van der Waals surface area (Å²) in [6, 6.07) is 15.8. The summed E-state index contributed by atoms with van der Waals surface area (Å²) >= 11 is 5.87. The molecule has 0 saturated heterocycles. The van der Waals surface area contributed by atoms with Crippen molar-refractivity contribution in [3.05, 3.63) is 70.7 Å². The number of carboxylic acid groups (broad SMARTS) is 1. The molecule has 1 atom stereocenters. The molecule has 0 saturated carbocycles. The second-order valence-electron chi connectivity index (χ2n) is 4.20. The molecule has 1 unspecified atom stereocenters. The Kier molecular flexibility index (Phi) is 3.97. The summed E-state index contributed by atoms with van der Waals surface area (Å²) in [5, 5.41) is 12.1. The lowest BCUT2D eigenvalue weighted by Crippen LogP contribution is -2.45. The van der Waals surface area contributed by atoms with Crippen LogP contribution in [0, 0.1) is 12.3 Å². The maximum Gasteiger partial charge on any atom is 0.406 e. The lowest BCUT2D eigenvalue weighted by Gasteiger charge is -2.29. The molecule has 1 amide bonds. The molecule has 0 aliphatic rings. The molecule has 2 aromatic carbocycles. The summed E-state index contributed by atoms with van der Waals surface area (Å²) in [5.74, 6) is 2.56. The van der Waals surface area contributed by atoms with E-state index in [4.69, 9.17) is 23.1 Å². The first-order valence-corrected chi connectivity index (χ1v) is 6.27. The Morgan fingerprint density at radius 2 is 1.65 bits per heavy atom. The van der Waals surface area contributed by atoms with Crippen molar-refractivity contribution >= 4 is 17.7 Å². The molecule has 4 heteroatoms. The predicted octanol–water partition coefficient (Wildman–Crippen LogP) is 3.48. The topological polar surface area (TPSA) is 49.3 Å². The van der Waals surface area contributed by atoms with Gasteiger partial charge in [0.05, 0.1) is 0 Å². The molecular formula is C16H12ClNO2. The van der Waals surface area contributed by atoms with Crippen molar-refractivity contribution < 1.29 is 9.90 Å². The summed E-state index contributed by atoms with van der Waals surface area (Å²) in [7, 11) is 0. The zero-order valence-electron chi connectivity index (χ0n) is 10.5. The van der Waals surface area contributed by atoms with Crippen LogP contribution >= 0.6 is 11.6 Å². The SMILES string of the molecule is C#CC(NC(=O)O)(c1ccccc1)c1ccc(Cl)cc1. The Hall–Kier alpha value is -2.44. The molecule has 0 aliphatic carbocycles. The van der Waals surface area contributed by atoms with Crippen molar-refractivity contribution in [2.24, 2.45) is 0 Å². The van der Waals surface area contributed by atoms with Crippen LogP contribution in [0.2, 0.25) is 5.02 Å². The minimum absolute atomic E-state index is 0.558. The Labute approximate surface area is 122 Å². The van der Waals surface area contributed by atoms with Gasteiger partial charge in [0, 0.05) is 5.02 Å². The fourth-order valence-electron chi connectivity index (χ4n) is 2.06. The van der Waals surface area contributed by atoms with Gasteiger partial charge >= 0.3 is 6.09 Å². The van der Waals surface area contributed by atoms with E-state index in [1.54, 1.807) is 48.5 Å². The van der Waals surface area contributed by atoms with Gasteiger partial charge in [-0.3, -0.25) is 5.32 Å². The molecule has 0 aliphatic heterocycles. The number of nitrogens with one attached hydrogen (secondary N) is 1. The van der Waals surface area contributed by atoms with Gasteiger partial charge in [-0.25, -0.2) is 4.79 Å². The average molecular weight is 286 g/mol. The van der Waals surface area contributed by atoms with Crippen LogP contribution in [-0.4, -0.2) is 11.2 Å². The third-order valence-corrected chi connectivity index (χ3v) is 3.25. The minimum Gasteiger partial charge on any atom is -0.465 e. The first-order chi connectivity index (χ1) is 9.58. The third kappa shape index (κ3) is 2.61. The first-order valence-electron chi connectivity index (χ1n) is 5.89. The van der Waals surface area contributed by atoms with E-state index >= 15 is 0 Å². The molecule has 2 rings (SSSR count). The Balaban J connectivity index is 2.63. The van der Waals surface area contributed by atoms with Gasteiger partial charge < -0.3 is 5.11 Å². The van der Waals surface area contributed by atoms with Gasteiger partial charge in [0.1, 0.15) is 0 Å². The molecule has 2 N–H and O–H groups in total. The number of carbonyl (C=O) groups is 1. The van der Waals surface area contributed by atoms with Crippen molar-refractivity contribution in [2.45, 2.75) is 5.54 Å². The Bertz CT molecular complexity index is 646. The summed E-state index contributed by atoms with van der Waals surface area (Å²) in [4.78, 5) is 11.2. The molecule has 100 valence electrons. The molecule has 0 heterocycles. The van der Waals surface area contributed by atoms with Crippen LogP contribution in [0.25, 0.3) is 0 Å². The van der Waals surface area contributed by atoms with Crippen LogP contribution in [0.4, 0.5) is 4.79 Å². The first kappa shape index (κ1) is 14.0. The van der Waals surface area contributed by atoms with Crippen molar-refractivity contribution in [3.8, 4) is 12.3 Å². The monoisotopic (exact) mass is 285 g/mol. The number of rotatable bonds is 3. The maximum absolute atomic E-state index is 11.2. The van der Waals surface area contributed by atoms with Crippen LogP contribution in [0.15, 0.2) is 54.6 Å².